The molecule has 1 aromatic rings. The minimum Gasteiger partial charge on any atom is -0.310 e. The summed E-state index contributed by atoms with van der Waals surface area (Å²) in [6.07, 6.45) is 2.51. The fourth-order valence-corrected chi connectivity index (χ4v) is 3.12. The molecule has 1 nitrogen and oxygen atoms in total. The van der Waals surface area contributed by atoms with Crippen LogP contribution in [0.25, 0.3) is 0 Å². The van der Waals surface area contributed by atoms with Crippen LogP contribution in [0.3, 0.4) is 0 Å². The number of aryl methyl sites for hydroxylation is 1. The Hall–Kier alpha value is -0.540. The van der Waals surface area contributed by atoms with E-state index in [9.17, 15) is 4.39 Å². The quantitative estimate of drug-likeness (QED) is 0.869. The Morgan fingerprint density at radius 2 is 2.12 bits per heavy atom. The zero-order valence-electron chi connectivity index (χ0n) is 9.63. The lowest BCUT2D eigenvalue weighted by Gasteiger charge is -2.23. The first kappa shape index (κ1) is 11.9. The van der Waals surface area contributed by atoms with Gasteiger partial charge in [-0.2, -0.15) is 11.8 Å². The van der Waals surface area contributed by atoms with Crippen LogP contribution in [0.4, 0.5) is 4.39 Å². The summed E-state index contributed by atoms with van der Waals surface area (Å²) in [7, 11) is 0. The molecule has 1 aliphatic rings. The van der Waals surface area contributed by atoms with Gasteiger partial charge in [-0.05, 0) is 54.5 Å². The molecule has 88 valence electrons. The highest BCUT2D eigenvalue weighted by molar-refractivity contribution is 7.99. The van der Waals surface area contributed by atoms with Crippen molar-refractivity contribution < 1.29 is 4.39 Å². The molecule has 0 saturated carbocycles. The maximum absolute atomic E-state index is 12.9. The number of thioether (sulfide) groups is 1. The first-order valence-electron chi connectivity index (χ1n) is 5.82. The highest BCUT2D eigenvalue weighted by Crippen LogP contribution is 2.18. The normalized spacial score (nSPS) is 17.6. The molecule has 0 spiro atoms. The van der Waals surface area contributed by atoms with Gasteiger partial charge in [0.1, 0.15) is 5.82 Å². The standard InChI is InChI=1S/C13H18FNS/c1-10-8-12(14)3-2-11(10)9-15-13-4-6-16-7-5-13/h2-3,8,13,15H,4-7,9H2,1H3. The van der Waals surface area contributed by atoms with Crippen molar-refractivity contribution in [2.75, 3.05) is 11.5 Å². The predicted octanol–water partition coefficient (Wildman–Crippen LogP) is 3.12. The first-order chi connectivity index (χ1) is 7.75. The second-order valence-corrected chi connectivity index (χ2v) is 5.56. The summed E-state index contributed by atoms with van der Waals surface area (Å²) < 4.78 is 12.9. The molecule has 0 radical (unpaired) electrons. The molecular formula is C13H18FNS. The van der Waals surface area contributed by atoms with E-state index in [0.29, 0.717) is 6.04 Å². The van der Waals surface area contributed by atoms with Crippen molar-refractivity contribution in [2.45, 2.75) is 32.4 Å². The molecule has 0 bridgehead atoms. The van der Waals surface area contributed by atoms with Crippen molar-refractivity contribution >= 4 is 11.8 Å². The topological polar surface area (TPSA) is 12.0 Å². The Bertz CT molecular complexity index is 348. The molecule has 2 rings (SSSR count). The number of benzene rings is 1. The Morgan fingerprint density at radius 3 is 2.81 bits per heavy atom. The van der Waals surface area contributed by atoms with Gasteiger partial charge in [-0.15, -0.1) is 0 Å². The van der Waals surface area contributed by atoms with Crippen LogP contribution >= 0.6 is 11.8 Å². The molecule has 0 amide bonds. The third kappa shape index (κ3) is 3.22. The first-order valence-corrected chi connectivity index (χ1v) is 6.97. The van der Waals surface area contributed by atoms with Gasteiger partial charge in [0.25, 0.3) is 0 Å². The monoisotopic (exact) mass is 239 g/mol. The van der Waals surface area contributed by atoms with Crippen molar-refractivity contribution in [1.29, 1.82) is 0 Å². The summed E-state index contributed by atoms with van der Waals surface area (Å²) in [4.78, 5) is 0. The molecule has 0 unspecified atom stereocenters. The molecular weight excluding hydrogens is 221 g/mol. The Balaban J connectivity index is 1.88. The molecule has 1 saturated heterocycles. The van der Waals surface area contributed by atoms with Crippen LogP contribution in [-0.2, 0) is 6.54 Å². The second-order valence-electron chi connectivity index (χ2n) is 4.34. The third-order valence-corrected chi connectivity index (χ3v) is 4.16. The third-order valence-electron chi connectivity index (χ3n) is 3.11. The average Bonchev–Trinajstić information content (AvgIpc) is 2.29. The van der Waals surface area contributed by atoms with Crippen molar-refractivity contribution in [2.24, 2.45) is 0 Å². The fraction of sp³-hybridized carbons (Fsp3) is 0.538. The van der Waals surface area contributed by atoms with Gasteiger partial charge in [0.15, 0.2) is 0 Å². The highest BCUT2D eigenvalue weighted by Gasteiger charge is 2.12. The van der Waals surface area contributed by atoms with Crippen LogP contribution in [0, 0.1) is 12.7 Å². The molecule has 1 aromatic carbocycles. The summed E-state index contributed by atoms with van der Waals surface area (Å²) >= 11 is 2.04. The van der Waals surface area contributed by atoms with Crippen LogP contribution in [0.15, 0.2) is 18.2 Å². The van der Waals surface area contributed by atoms with Gasteiger partial charge >= 0.3 is 0 Å². The zero-order chi connectivity index (χ0) is 11.4. The molecule has 0 aliphatic carbocycles. The van der Waals surface area contributed by atoms with Gasteiger partial charge in [-0.25, -0.2) is 4.39 Å². The van der Waals surface area contributed by atoms with Crippen molar-refractivity contribution in [3.63, 3.8) is 0 Å². The largest absolute Gasteiger partial charge is 0.310 e. The maximum atomic E-state index is 12.9. The summed E-state index contributed by atoms with van der Waals surface area (Å²) in [6.45, 7) is 2.83. The van der Waals surface area contributed by atoms with Gasteiger partial charge in [-0.3, -0.25) is 0 Å². The van der Waals surface area contributed by atoms with Gasteiger partial charge in [0.05, 0.1) is 0 Å². The Kier molecular flexibility index (Phi) is 4.24. The van der Waals surface area contributed by atoms with E-state index in [0.717, 1.165) is 12.1 Å². The van der Waals surface area contributed by atoms with E-state index in [1.54, 1.807) is 12.1 Å². The average molecular weight is 239 g/mol. The van der Waals surface area contributed by atoms with Crippen LogP contribution in [0.5, 0.6) is 0 Å². The van der Waals surface area contributed by atoms with Gasteiger partial charge in [-0.1, -0.05) is 6.07 Å². The lowest BCUT2D eigenvalue weighted by molar-refractivity contribution is 0.481. The van der Waals surface area contributed by atoms with Crippen LogP contribution in [0.1, 0.15) is 24.0 Å². The number of halogens is 1. The van der Waals surface area contributed by atoms with E-state index in [4.69, 9.17) is 0 Å². The van der Waals surface area contributed by atoms with E-state index < -0.39 is 0 Å². The number of hydrogen-bond donors (Lipinski definition) is 1. The van der Waals surface area contributed by atoms with Crippen molar-refractivity contribution in [3.8, 4) is 0 Å². The molecule has 1 heterocycles. The van der Waals surface area contributed by atoms with Crippen LogP contribution in [-0.4, -0.2) is 17.5 Å². The van der Waals surface area contributed by atoms with Gasteiger partial charge < -0.3 is 5.32 Å². The number of nitrogens with one attached hydrogen (secondary N) is 1. The highest BCUT2D eigenvalue weighted by atomic mass is 32.2. The SMILES string of the molecule is Cc1cc(F)ccc1CNC1CCSCC1. The summed E-state index contributed by atoms with van der Waals surface area (Å²) in [5.41, 5.74) is 2.25. The number of hydrogen-bond acceptors (Lipinski definition) is 2. The summed E-state index contributed by atoms with van der Waals surface area (Å²) in [5, 5.41) is 3.56. The van der Waals surface area contributed by atoms with E-state index in [-0.39, 0.29) is 5.82 Å². The van der Waals surface area contributed by atoms with Crippen molar-refractivity contribution in [3.05, 3.63) is 35.1 Å². The van der Waals surface area contributed by atoms with E-state index in [1.165, 1.54) is 29.9 Å². The minimum atomic E-state index is -0.143. The molecule has 1 fully saturated rings. The van der Waals surface area contributed by atoms with Crippen LogP contribution in [0.2, 0.25) is 0 Å². The lowest BCUT2D eigenvalue weighted by Crippen LogP contribution is -2.32. The smallest absolute Gasteiger partial charge is 0.123 e. The van der Waals surface area contributed by atoms with Crippen molar-refractivity contribution in [1.82, 2.24) is 5.32 Å². The maximum Gasteiger partial charge on any atom is 0.123 e. The molecule has 1 N–H and O–H groups in total. The van der Waals surface area contributed by atoms with E-state index >= 15 is 0 Å². The predicted molar refractivity (Wildman–Crippen MR) is 68.3 cm³/mol. The second kappa shape index (κ2) is 5.69. The van der Waals surface area contributed by atoms with Crippen LogP contribution < -0.4 is 5.32 Å². The Morgan fingerprint density at radius 1 is 1.38 bits per heavy atom. The zero-order valence-corrected chi connectivity index (χ0v) is 10.4. The molecule has 0 aromatic heterocycles. The minimum absolute atomic E-state index is 0.143. The summed E-state index contributed by atoms with van der Waals surface area (Å²) in [5.74, 6) is 2.38. The Labute approximate surface area is 101 Å². The molecule has 3 heteroatoms. The molecule has 1 aliphatic heterocycles. The number of rotatable bonds is 3. The lowest BCUT2D eigenvalue weighted by atomic mass is 10.1. The molecule has 16 heavy (non-hydrogen) atoms. The van der Waals surface area contributed by atoms with Gasteiger partial charge in [0, 0.05) is 12.6 Å². The molecule has 0 atom stereocenters. The van der Waals surface area contributed by atoms with E-state index in [1.807, 2.05) is 24.8 Å². The van der Waals surface area contributed by atoms with Gasteiger partial charge in [0.2, 0.25) is 0 Å². The van der Waals surface area contributed by atoms with E-state index in [2.05, 4.69) is 5.32 Å². The fourth-order valence-electron chi connectivity index (χ4n) is 2.01. The summed E-state index contributed by atoms with van der Waals surface area (Å²) in [6, 6.07) is 5.68.